The Kier molecular flexibility index (Phi) is 3.96. The Morgan fingerprint density at radius 2 is 1.84 bits per heavy atom. The molecule has 1 aliphatic carbocycles. The summed E-state index contributed by atoms with van der Waals surface area (Å²) in [6.45, 7) is 7.98. The van der Waals surface area contributed by atoms with Crippen molar-refractivity contribution >= 4 is 5.96 Å². The zero-order valence-electron chi connectivity index (χ0n) is 12.2. The molecule has 0 aromatic heterocycles. The van der Waals surface area contributed by atoms with Crippen LogP contribution in [0.3, 0.4) is 0 Å². The Bertz CT molecular complexity index is 329. The van der Waals surface area contributed by atoms with Crippen LogP contribution in [0.5, 0.6) is 0 Å². The van der Waals surface area contributed by atoms with Gasteiger partial charge in [-0.2, -0.15) is 0 Å². The van der Waals surface area contributed by atoms with Crippen LogP contribution in [0.1, 0.15) is 39.0 Å². The van der Waals surface area contributed by atoms with Gasteiger partial charge in [0.05, 0.1) is 0 Å². The van der Waals surface area contributed by atoms with E-state index in [4.69, 9.17) is 5.73 Å². The lowest BCUT2D eigenvalue weighted by atomic mass is 10.00. The number of nitrogens with zero attached hydrogens (tertiary/aromatic N) is 3. The summed E-state index contributed by atoms with van der Waals surface area (Å²) in [5.74, 6) is 2.38. The van der Waals surface area contributed by atoms with Crippen LogP contribution in [0.15, 0.2) is 4.99 Å². The van der Waals surface area contributed by atoms with Crippen LogP contribution in [-0.2, 0) is 0 Å². The van der Waals surface area contributed by atoms with Crippen LogP contribution in [0.2, 0.25) is 0 Å². The summed E-state index contributed by atoms with van der Waals surface area (Å²) in [7, 11) is 0. The average Bonchev–Trinajstić information content (AvgIpc) is 3.16. The number of guanidine groups is 1. The smallest absolute Gasteiger partial charge is 0.191 e. The number of hydrogen-bond donors (Lipinski definition) is 1. The summed E-state index contributed by atoms with van der Waals surface area (Å²) < 4.78 is 0. The van der Waals surface area contributed by atoms with Crippen LogP contribution in [0.4, 0.5) is 0 Å². The number of piperidine rings is 1. The van der Waals surface area contributed by atoms with Gasteiger partial charge in [-0.1, -0.05) is 6.92 Å². The highest BCUT2D eigenvalue weighted by molar-refractivity contribution is 5.78. The zero-order valence-corrected chi connectivity index (χ0v) is 12.2. The summed E-state index contributed by atoms with van der Waals surface area (Å²) >= 11 is 0. The summed E-state index contributed by atoms with van der Waals surface area (Å²) in [4.78, 5) is 9.59. The van der Waals surface area contributed by atoms with Crippen LogP contribution < -0.4 is 5.73 Å². The van der Waals surface area contributed by atoms with Gasteiger partial charge < -0.3 is 15.5 Å². The Hall–Kier alpha value is -0.770. The van der Waals surface area contributed by atoms with Gasteiger partial charge in [-0.05, 0) is 50.5 Å². The van der Waals surface area contributed by atoms with Gasteiger partial charge in [-0.3, -0.25) is 4.99 Å². The molecule has 2 N–H and O–H groups in total. The highest BCUT2D eigenvalue weighted by atomic mass is 15.3. The first-order chi connectivity index (χ1) is 9.22. The van der Waals surface area contributed by atoms with Gasteiger partial charge in [-0.25, -0.2) is 0 Å². The van der Waals surface area contributed by atoms with Gasteiger partial charge in [-0.15, -0.1) is 0 Å². The molecule has 1 unspecified atom stereocenters. The molecule has 108 valence electrons. The predicted octanol–water partition coefficient (Wildman–Crippen LogP) is 1.52. The molecule has 1 saturated carbocycles. The third-order valence-corrected chi connectivity index (χ3v) is 5.00. The maximum absolute atomic E-state index is 6.14. The molecule has 0 aromatic rings. The van der Waals surface area contributed by atoms with Crippen LogP contribution in [0, 0.1) is 11.8 Å². The number of aliphatic imine (C=N–C) groups is 1. The predicted molar refractivity (Wildman–Crippen MR) is 79.2 cm³/mol. The van der Waals surface area contributed by atoms with Crippen molar-refractivity contribution in [3.8, 4) is 0 Å². The maximum Gasteiger partial charge on any atom is 0.191 e. The third-order valence-electron chi connectivity index (χ3n) is 5.00. The van der Waals surface area contributed by atoms with E-state index < -0.39 is 0 Å². The van der Waals surface area contributed by atoms with Crippen molar-refractivity contribution in [1.82, 2.24) is 9.80 Å². The van der Waals surface area contributed by atoms with E-state index in [2.05, 4.69) is 21.7 Å². The highest BCUT2D eigenvalue weighted by Crippen LogP contribution is 2.31. The van der Waals surface area contributed by atoms with Crippen molar-refractivity contribution in [1.29, 1.82) is 0 Å². The first-order valence-corrected chi connectivity index (χ1v) is 8.01. The second-order valence-electron chi connectivity index (χ2n) is 6.75. The van der Waals surface area contributed by atoms with Crippen molar-refractivity contribution in [2.45, 2.75) is 45.1 Å². The third kappa shape index (κ3) is 3.41. The second kappa shape index (κ2) is 5.70. The summed E-state index contributed by atoms with van der Waals surface area (Å²) in [5, 5.41) is 0. The van der Waals surface area contributed by atoms with E-state index in [1.165, 1.54) is 45.2 Å². The van der Waals surface area contributed by atoms with E-state index >= 15 is 0 Å². The molecular formula is C15H28N4. The highest BCUT2D eigenvalue weighted by Gasteiger charge is 2.34. The fraction of sp³-hybridized carbons (Fsp3) is 0.933. The molecule has 2 saturated heterocycles. The topological polar surface area (TPSA) is 44.9 Å². The quantitative estimate of drug-likeness (QED) is 0.621. The van der Waals surface area contributed by atoms with Crippen LogP contribution in [-0.4, -0.2) is 54.5 Å². The second-order valence-corrected chi connectivity index (χ2v) is 6.75. The molecule has 19 heavy (non-hydrogen) atoms. The summed E-state index contributed by atoms with van der Waals surface area (Å²) in [6, 6.07) is 0.912. The standard InChI is InChI=1S/C15H28N4/c1-12-4-7-18(8-5-12)15(16)17-10-13-6-9-19(11-13)14-2-3-14/h12-14H,2-11H2,1H3,(H2,16,17). The fourth-order valence-corrected chi connectivity index (χ4v) is 3.34. The number of hydrogen-bond acceptors (Lipinski definition) is 2. The molecule has 0 spiro atoms. The van der Waals surface area contributed by atoms with Gasteiger partial charge >= 0.3 is 0 Å². The minimum atomic E-state index is 0.739. The monoisotopic (exact) mass is 264 g/mol. The minimum absolute atomic E-state index is 0.739. The van der Waals surface area contributed by atoms with Crippen molar-refractivity contribution < 1.29 is 0 Å². The first kappa shape index (κ1) is 13.2. The van der Waals surface area contributed by atoms with Crippen molar-refractivity contribution in [2.24, 2.45) is 22.6 Å². The Labute approximate surface area is 117 Å². The molecule has 0 bridgehead atoms. The summed E-state index contributed by atoms with van der Waals surface area (Å²) in [6.07, 6.45) is 6.67. The molecule has 0 radical (unpaired) electrons. The van der Waals surface area contributed by atoms with Gasteiger partial charge in [0.2, 0.25) is 0 Å². The van der Waals surface area contributed by atoms with E-state index in [0.717, 1.165) is 43.5 Å². The number of likely N-dealkylation sites (tertiary alicyclic amines) is 2. The minimum Gasteiger partial charge on any atom is -0.370 e. The van der Waals surface area contributed by atoms with E-state index in [1.807, 2.05) is 0 Å². The lowest BCUT2D eigenvalue weighted by molar-refractivity contribution is 0.277. The van der Waals surface area contributed by atoms with Crippen molar-refractivity contribution in [2.75, 3.05) is 32.7 Å². The van der Waals surface area contributed by atoms with E-state index in [0.29, 0.717) is 0 Å². The molecule has 1 atom stereocenters. The Morgan fingerprint density at radius 1 is 1.11 bits per heavy atom. The van der Waals surface area contributed by atoms with Crippen LogP contribution >= 0.6 is 0 Å². The SMILES string of the molecule is CC1CCN(C(N)=NCC2CCN(C3CC3)C2)CC1. The maximum atomic E-state index is 6.14. The van der Waals surface area contributed by atoms with Crippen molar-refractivity contribution in [3.05, 3.63) is 0 Å². The van der Waals surface area contributed by atoms with Gasteiger partial charge in [0, 0.05) is 32.2 Å². The average molecular weight is 264 g/mol. The lowest BCUT2D eigenvalue weighted by Crippen LogP contribution is -2.42. The van der Waals surface area contributed by atoms with Gasteiger partial charge in [0.25, 0.3) is 0 Å². The fourth-order valence-electron chi connectivity index (χ4n) is 3.34. The normalized spacial score (nSPS) is 31.1. The molecule has 4 heteroatoms. The Morgan fingerprint density at radius 3 is 2.53 bits per heavy atom. The van der Waals surface area contributed by atoms with Crippen LogP contribution in [0.25, 0.3) is 0 Å². The number of rotatable bonds is 3. The molecule has 3 fully saturated rings. The van der Waals surface area contributed by atoms with E-state index in [9.17, 15) is 0 Å². The largest absolute Gasteiger partial charge is 0.370 e. The summed E-state index contributed by atoms with van der Waals surface area (Å²) in [5.41, 5.74) is 6.14. The molecular weight excluding hydrogens is 236 g/mol. The molecule has 3 aliphatic rings. The molecule has 0 amide bonds. The van der Waals surface area contributed by atoms with E-state index in [-0.39, 0.29) is 0 Å². The molecule has 3 rings (SSSR count). The Balaban J connectivity index is 1.43. The molecule has 2 aliphatic heterocycles. The zero-order chi connectivity index (χ0) is 13.2. The van der Waals surface area contributed by atoms with E-state index in [1.54, 1.807) is 0 Å². The lowest BCUT2D eigenvalue weighted by Gasteiger charge is -2.31. The van der Waals surface area contributed by atoms with Gasteiger partial charge in [0.15, 0.2) is 5.96 Å². The van der Waals surface area contributed by atoms with Gasteiger partial charge in [0.1, 0.15) is 0 Å². The number of nitrogens with two attached hydrogens (primary N) is 1. The molecule has 4 nitrogen and oxygen atoms in total. The molecule has 2 heterocycles. The first-order valence-electron chi connectivity index (χ1n) is 8.01. The molecule has 0 aromatic carbocycles. The van der Waals surface area contributed by atoms with Crippen molar-refractivity contribution in [3.63, 3.8) is 0 Å².